The van der Waals surface area contributed by atoms with Crippen LogP contribution < -0.4 is 5.32 Å². The number of esters is 1. The van der Waals surface area contributed by atoms with Crippen LogP contribution in [0.1, 0.15) is 431 Å². The topological polar surface area (TPSA) is 95.9 Å². The number of nitrogens with one attached hydrogen (secondary N) is 1. The van der Waals surface area contributed by atoms with Gasteiger partial charge in [-0.1, -0.05) is 366 Å². The molecule has 0 aliphatic carbocycles. The summed E-state index contributed by atoms with van der Waals surface area (Å²) in [7, 11) is 0. The molecule has 0 heterocycles. The number of carbonyl (C=O) groups excluding carboxylic acids is 2. The lowest BCUT2D eigenvalue weighted by atomic mass is 10.0. The van der Waals surface area contributed by atoms with Gasteiger partial charge < -0.3 is 20.3 Å². The molecule has 0 fully saturated rings. The number of allylic oxidation sites excluding steroid dienone is 4. The second kappa shape index (κ2) is 72.8. The van der Waals surface area contributed by atoms with Crippen molar-refractivity contribution in [3.63, 3.8) is 0 Å². The van der Waals surface area contributed by atoms with Crippen molar-refractivity contribution in [2.24, 2.45) is 0 Å². The van der Waals surface area contributed by atoms with Gasteiger partial charge in [0.15, 0.2) is 0 Å². The molecule has 1 amide bonds. The minimum atomic E-state index is -0.665. The molecule has 2 atom stereocenters. The minimum Gasteiger partial charge on any atom is -0.466 e. The molecular formula is C77H149NO5. The van der Waals surface area contributed by atoms with Gasteiger partial charge in [-0.25, -0.2) is 0 Å². The molecule has 0 aromatic heterocycles. The van der Waals surface area contributed by atoms with Gasteiger partial charge in [0.05, 0.1) is 25.4 Å². The first kappa shape index (κ1) is 81.3. The first-order chi connectivity index (χ1) is 41.0. The number of hydrogen-bond acceptors (Lipinski definition) is 5. The number of aliphatic hydroxyl groups is 2. The normalized spacial score (nSPS) is 12.6. The van der Waals surface area contributed by atoms with E-state index < -0.39 is 12.1 Å². The van der Waals surface area contributed by atoms with Gasteiger partial charge in [0.2, 0.25) is 5.91 Å². The zero-order chi connectivity index (χ0) is 59.9. The van der Waals surface area contributed by atoms with E-state index in [-0.39, 0.29) is 18.5 Å². The molecule has 0 saturated heterocycles. The first-order valence-electron chi connectivity index (χ1n) is 38.1. The molecule has 83 heavy (non-hydrogen) atoms. The fraction of sp³-hybridized carbons (Fsp3) is 0.922. The molecule has 492 valence electrons. The van der Waals surface area contributed by atoms with E-state index in [1.54, 1.807) is 0 Å². The molecule has 0 rings (SSSR count). The van der Waals surface area contributed by atoms with Gasteiger partial charge in [-0.2, -0.15) is 0 Å². The highest BCUT2D eigenvalue weighted by Crippen LogP contribution is 2.19. The molecule has 3 N–H and O–H groups in total. The van der Waals surface area contributed by atoms with E-state index >= 15 is 0 Å². The van der Waals surface area contributed by atoms with Crippen molar-refractivity contribution >= 4 is 11.9 Å². The summed E-state index contributed by atoms with van der Waals surface area (Å²) in [6.45, 7) is 4.99. The number of amides is 1. The highest BCUT2D eigenvalue weighted by Gasteiger charge is 2.20. The summed E-state index contributed by atoms with van der Waals surface area (Å²) in [5, 5.41) is 23.4. The molecule has 0 bridgehead atoms. The Morgan fingerprint density at radius 1 is 0.325 bits per heavy atom. The van der Waals surface area contributed by atoms with E-state index in [9.17, 15) is 19.8 Å². The van der Waals surface area contributed by atoms with Gasteiger partial charge >= 0.3 is 5.97 Å². The van der Waals surface area contributed by atoms with Crippen molar-refractivity contribution in [2.45, 2.75) is 443 Å². The van der Waals surface area contributed by atoms with Crippen LogP contribution in [0, 0.1) is 0 Å². The Hall–Kier alpha value is -1.66. The molecule has 0 aliphatic rings. The van der Waals surface area contributed by atoms with Gasteiger partial charge in [0.1, 0.15) is 0 Å². The molecule has 0 aromatic rings. The van der Waals surface area contributed by atoms with Crippen LogP contribution in [0.5, 0.6) is 0 Å². The number of unbranched alkanes of at least 4 members (excludes halogenated alkanes) is 57. The van der Waals surface area contributed by atoms with E-state index in [4.69, 9.17) is 4.74 Å². The summed E-state index contributed by atoms with van der Waals surface area (Å²) >= 11 is 0. The van der Waals surface area contributed by atoms with Crippen molar-refractivity contribution < 1.29 is 24.5 Å². The SMILES string of the molecule is CCCCCCCCC/C=C\CCCCCCCC(=O)OCCCCCCCCCCCCCC/C=C\CCCCCCCCCCCCCCCC(=O)NC(CO)C(O)CCCCCCCCCCCCCCCCCCCCCCC. The van der Waals surface area contributed by atoms with E-state index in [1.807, 2.05) is 0 Å². The van der Waals surface area contributed by atoms with Gasteiger partial charge in [-0.05, 0) is 77.0 Å². The largest absolute Gasteiger partial charge is 0.466 e. The lowest BCUT2D eigenvalue weighted by molar-refractivity contribution is -0.143. The maximum absolute atomic E-state index is 12.6. The van der Waals surface area contributed by atoms with Crippen LogP contribution in [0.2, 0.25) is 0 Å². The van der Waals surface area contributed by atoms with Crippen molar-refractivity contribution in [3.05, 3.63) is 24.3 Å². The van der Waals surface area contributed by atoms with Crippen LogP contribution in [0.25, 0.3) is 0 Å². The van der Waals surface area contributed by atoms with Gasteiger partial charge in [0.25, 0.3) is 0 Å². The molecular weight excluding hydrogens is 1020 g/mol. The van der Waals surface area contributed by atoms with Gasteiger partial charge in [0, 0.05) is 12.8 Å². The third-order valence-electron chi connectivity index (χ3n) is 18.0. The summed E-state index contributed by atoms with van der Waals surface area (Å²) in [5.41, 5.74) is 0. The monoisotopic (exact) mass is 1170 g/mol. The van der Waals surface area contributed by atoms with Crippen LogP contribution >= 0.6 is 0 Å². The fourth-order valence-electron chi connectivity index (χ4n) is 12.2. The third-order valence-corrected chi connectivity index (χ3v) is 18.0. The summed E-state index contributed by atoms with van der Waals surface area (Å²) in [5.74, 6) is -0.0192. The number of rotatable bonds is 72. The van der Waals surface area contributed by atoms with Crippen LogP contribution in [-0.4, -0.2) is 47.4 Å². The highest BCUT2D eigenvalue weighted by atomic mass is 16.5. The predicted octanol–water partition coefficient (Wildman–Crippen LogP) is 24.9. The quantitative estimate of drug-likeness (QED) is 0.0320. The van der Waals surface area contributed by atoms with Crippen molar-refractivity contribution in [3.8, 4) is 0 Å². The Bertz CT molecular complexity index is 1300. The number of carbonyl (C=O) groups is 2. The lowest BCUT2D eigenvalue weighted by Gasteiger charge is -2.22. The maximum Gasteiger partial charge on any atom is 0.305 e. The Kier molecular flexibility index (Phi) is 71.4. The molecule has 0 saturated carbocycles. The zero-order valence-electron chi connectivity index (χ0n) is 56.5. The Labute approximate surface area is 520 Å². The molecule has 0 aromatic carbocycles. The van der Waals surface area contributed by atoms with Crippen molar-refractivity contribution in [2.75, 3.05) is 13.2 Å². The minimum absolute atomic E-state index is 0.0101. The molecule has 0 aliphatic heterocycles. The smallest absolute Gasteiger partial charge is 0.305 e. The molecule has 6 heteroatoms. The number of ether oxygens (including phenoxy) is 1. The number of aliphatic hydroxyl groups excluding tert-OH is 2. The van der Waals surface area contributed by atoms with E-state index in [0.29, 0.717) is 25.9 Å². The van der Waals surface area contributed by atoms with Crippen LogP contribution in [0.15, 0.2) is 24.3 Å². The van der Waals surface area contributed by atoms with Crippen LogP contribution in [0.3, 0.4) is 0 Å². The third kappa shape index (κ3) is 69.3. The Morgan fingerprint density at radius 2 is 0.566 bits per heavy atom. The molecule has 0 spiro atoms. The number of hydrogen-bond donors (Lipinski definition) is 3. The van der Waals surface area contributed by atoms with Crippen LogP contribution in [-0.2, 0) is 14.3 Å². The first-order valence-corrected chi connectivity index (χ1v) is 38.1. The van der Waals surface area contributed by atoms with Gasteiger partial charge in [-0.15, -0.1) is 0 Å². The molecule has 2 unspecified atom stereocenters. The fourth-order valence-corrected chi connectivity index (χ4v) is 12.2. The van der Waals surface area contributed by atoms with E-state index in [0.717, 1.165) is 44.9 Å². The van der Waals surface area contributed by atoms with Crippen molar-refractivity contribution in [1.82, 2.24) is 5.32 Å². The molecule has 6 nitrogen and oxygen atoms in total. The average molecular weight is 1170 g/mol. The van der Waals surface area contributed by atoms with E-state index in [2.05, 4.69) is 43.5 Å². The Balaban J connectivity index is 3.37. The van der Waals surface area contributed by atoms with Crippen LogP contribution in [0.4, 0.5) is 0 Å². The zero-order valence-corrected chi connectivity index (χ0v) is 56.5. The van der Waals surface area contributed by atoms with Gasteiger partial charge in [-0.3, -0.25) is 9.59 Å². The summed E-state index contributed by atoms with van der Waals surface area (Å²) in [4.78, 5) is 24.6. The second-order valence-electron chi connectivity index (χ2n) is 26.3. The highest BCUT2D eigenvalue weighted by molar-refractivity contribution is 5.76. The summed E-state index contributed by atoms with van der Waals surface area (Å²) in [6.07, 6.45) is 92.5. The van der Waals surface area contributed by atoms with E-state index in [1.165, 1.54) is 353 Å². The standard InChI is InChI=1S/C77H149NO5/c1-3-5-7-9-11-13-15-17-19-21-22-32-35-38-41-45-49-53-57-61-65-69-75(80)74(73-79)78-76(81)70-66-62-58-54-50-46-42-39-36-33-30-28-26-24-23-25-27-29-31-34-37-40-44-48-52-56-60-64-68-72-83-77(82)71-67-63-59-55-51-47-43-20-18-16-14-12-10-8-6-4-2/h20,23,25,43,74-75,79-80H,3-19,21-22,24,26-42,44-73H2,1-2H3,(H,78,81)/b25-23-,43-20-. The summed E-state index contributed by atoms with van der Waals surface area (Å²) < 4.78 is 5.50. The lowest BCUT2D eigenvalue weighted by Crippen LogP contribution is -2.45. The predicted molar refractivity (Wildman–Crippen MR) is 366 cm³/mol. The maximum atomic E-state index is 12.6. The van der Waals surface area contributed by atoms with Crippen molar-refractivity contribution in [1.29, 1.82) is 0 Å². The summed E-state index contributed by atoms with van der Waals surface area (Å²) in [6, 6.07) is -0.542. The molecule has 0 radical (unpaired) electrons. The second-order valence-corrected chi connectivity index (χ2v) is 26.3. The Morgan fingerprint density at radius 3 is 0.855 bits per heavy atom. The average Bonchev–Trinajstić information content (AvgIpc) is 3.48.